The number of carboxylic acid groups (broad SMARTS) is 1. The van der Waals surface area contributed by atoms with E-state index in [4.69, 9.17) is 12.2 Å². The fraction of sp³-hybridized carbons (Fsp3) is 0.0938. The minimum absolute atomic E-state index is 0.0899. The maximum Gasteiger partial charge on any atom is 0.326 e. The van der Waals surface area contributed by atoms with Crippen molar-refractivity contribution in [2.24, 2.45) is 0 Å². The average Bonchev–Trinajstić information content (AvgIpc) is 3.42. The fourth-order valence-corrected chi connectivity index (χ4v) is 4.94. The van der Waals surface area contributed by atoms with Gasteiger partial charge in [-0.3, -0.25) is 9.67 Å². The highest BCUT2D eigenvalue weighted by molar-refractivity contribution is 7.71. The van der Waals surface area contributed by atoms with Gasteiger partial charge in [-0.2, -0.15) is 10.4 Å². The van der Waals surface area contributed by atoms with Crippen LogP contribution in [0.2, 0.25) is 0 Å². The number of hydrogen-bond donors (Lipinski definition) is 5. The first kappa shape index (κ1) is 29.6. The number of benzene rings is 4. The number of aromatic hydroxyl groups is 1. The quantitative estimate of drug-likeness (QED) is 0.129. The molecule has 5 N–H and O–H groups in total. The molecule has 0 aliphatic rings. The van der Waals surface area contributed by atoms with Crippen molar-refractivity contribution in [2.45, 2.75) is 12.5 Å². The molecule has 0 radical (unpaired) electrons. The molecule has 1 atom stereocenters. The van der Waals surface area contributed by atoms with Crippen LogP contribution in [0, 0.1) is 16.1 Å². The monoisotopic (exact) mass is 605 g/mol. The highest BCUT2D eigenvalue weighted by atomic mass is 32.1. The molecule has 0 spiro atoms. The number of aromatic amines is 1. The number of likely N-dealkylation sites (N-methyl/N-ethyl adjacent to an activating group) is 1. The predicted molar refractivity (Wildman–Crippen MR) is 170 cm³/mol. The number of carbonyl (C=O) groups is 2. The molecule has 5 aromatic rings. The fourth-order valence-electron chi connectivity index (χ4n) is 4.70. The van der Waals surface area contributed by atoms with Crippen molar-refractivity contribution in [2.75, 3.05) is 22.6 Å². The maximum absolute atomic E-state index is 13.0. The number of nitrogens with one attached hydrogen (secondary N) is 3. The Bertz CT molecular complexity index is 1910. The van der Waals surface area contributed by atoms with Gasteiger partial charge in [0.1, 0.15) is 17.9 Å². The van der Waals surface area contributed by atoms with Crippen LogP contribution in [0.25, 0.3) is 17.1 Å². The van der Waals surface area contributed by atoms with Crippen molar-refractivity contribution in [3.63, 3.8) is 0 Å². The van der Waals surface area contributed by atoms with Crippen molar-refractivity contribution in [1.82, 2.24) is 14.8 Å². The number of aromatic nitrogens is 3. The molecule has 1 aromatic heterocycles. The van der Waals surface area contributed by atoms with Crippen LogP contribution in [0.4, 0.5) is 21.9 Å². The molecule has 0 bridgehead atoms. The third-order valence-electron chi connectivity index (χ3n) is 6.96. The second kappa shape index (κ2) is 12.9. The Labute approximate surface area is 257 Å². The van der Waals surface area contributed by atoms with Gasteiger partial charge in [0.05, 0.1) is 16.9 Å². The van der Waals surface area contributed by atoms with E-state index in [2.05, 4.69) is 26.9 Å². The molecule has 4 aromatic carbocycles. The van der Waals surface area contributed by atoms with Crippen molar-refractivity contribution in [3.05, 3.63) is 113 Å². The lowest BCUT2D eigenvalue weighted by molar-refractivity contribution is -0.138. The highest BCUT2D eigenvalue weighted by Crippen LogP contribution is 2.26. The van der Waals surface area contributed by atoms with Crippen LogP contribution in [0.5, 0.6) is 5.75 Å². The van der Waals surface area contributed by atoms with Gasteiger partial charge in [0, 0.05) is 30.4 Å². The number of phenols is 1. The Kier molecular flexibility index (Phi) is 8.69. The van der Waals surface area contributed by atoms with E-state index < -0.39 is 18.0 Å². The second-order valence-electron chi connectivity index (χ2n) is 9.86. The molecule has 11 nitrogen and oxygen atoms in total. The first-order chi connectivity index (χ1) is 21.2. The van der Waals surface area contributed by atoms with E-state index in [9.17, 15) is 25.1 Å². The molecule has 0 fully saturated rings. The highest BCUT2D eigenvalue weighted by Gasteiger charge is 2.24. The topological polar surface area (TPSA) is 159 Å². The van der Waals surface area contributed by atoms with Gasteiger partial charge in [0.25, 0.3) is 0 Å². The second-order valence-corrected chi connectivity index (χ2v) is 10.2. The van der Waals surface area contributed by atoms with Gasteiger partial charge in [-0.05, 0) is 66.3 Å². The summed E-state index contributed by atoms with van der Waals surface area (Å²) >= 11 is 5.47. The van der Waals surface area contributed by atoms with Crippen molar-refractivity contribution >= 4 is 41.3 Å². The molecule has 0 aliphatic carbocycles. The van der Waals surface area contributed by atoms with Gasteiger partial charge in [-0.1, -0.05) is 48.5 Å². The zero-order chi connectivity index (χ0) is 31.2. The van der Waals surface area contributed by atoms with Crippen LogP contribution >= 0.6 is 12.2 Å². The van der Waals surface area contributed by atoms with Crippen LogP contribution in [0.1, 0.15) is 11.1 Å². The van der Waals surface area contributed by atoms with Gasteiger partial charge in [-0.25, -0.2) is 9.59 Å². The number of anilines is 3. The molecule has 0 saturated carbocycles. The lowest BCUT2D eigenvalue weighted by Gasteiger charge is -2.27. The Balaban J connectivity index is 1.31. The molecule has 0 saturated heterocycles. The summed E-state index contributed by atoms with van der Waals surface area (Å²) in [6, 6.07) is 28.2. The third-order valence-corrected chi connectivity index (χ3v) is 7.24. The Morgan fingerprint density at radius 1 is 1.02 bits per heavy atom. The molecule has 220 valence electrons. The standard InChI is InChI=1S/C32H27N7O4S/c1-38(28(30(41)42)16-20-10-13-26(40)14-11-20)24-12-15-27(22(17-24)19-33)35-31(43)34-23-8-5-9-25(18-23)39-29(36-37-32(39)44)21-6-3-2-4-7-21/h2-15,17-18,28,40H,16H2,1H3,(H,37,44)(H,41,42)(H2,34,35,43). The van der Waals surface area contributed by atoms with Crippen LogP contribution < -0.4 is 15.5 Å². The summed E-state index contributed by atoms with van der Waals surface area (Å²) in [5.41, 5.74) is 3.66. The average molecular weight is 606 g/mol. The number of nitriles is 1. The minimum atomic E-state index is -1.05. The molecule has 12 heteroatoms. The summed E-state index contributed by atoms with van der Waals surface area (Å²) in [6.45, 7) is 0. The lowest BCUT2D eigenvalue weighted by Crippen LogP contribution is -2.40. The Morgan fingerprint density at radius 2 is 1.77 bits per heavy atom. The van der Waals surface area contributed by atoms with E-state index in [-0.39, 0.29) is 23.4 Å². The lowest BCUT2D eigenvalue weighted by atomic mass is 10.0. The molecule has 1 unspecified atom stereocenters. The van der Waals surface area contributed by atoms with E-state index in [0.29, 0.717) is 27.7 Å². The van der Waals surface area contributed by atoms with E-state index in [0.717, 1.165) is 11.1 Å². The SMILES string of the molecule is CN(c1ccc(NC(=O)Nc2cccc(-n3c(-c4ccccc4)n[nH]c3=S)c2)c(C#N)c1)C(Cc1ccc(O)cc1)C(=O)O. The Hall–Kier alpha value is -5.93. The maximum atomic E-state index is 13.0. The third kappa shape index (κ3) is 6.59. The molecule has 44 heavy (non-hydrogen) atoms. The summed E-state index contributed by atoms with van der Waals surface area (Å²) < 4.78 is 2.16. The van der Waals surface area contributed by atoms with Crippen molar-refractivity contribution in [3.8, 4) is 28.9 Å². The van der Waals surface area contributed by atoms with Gasteiger partial charge in [-0.15, -0.1) is 0 Å². The zero-order valence-electron chi connectivity index (χ0n) is 23.4. The molecule has 0 aliphatic heterocycles. The van der Waals surface area contributed by atoms with Crippen LogP contribution in [-0.4, -0.2) is 50.1 Å². The smallest absolute Gasteiger partial charge is 0.326 e. The van der Waals surface area contributed by atoms with E-state index in [1.165, 1.54) is 18.2 Å². The molecule has 1 heterocycles. The number of nitrogens with zero attached hydrogens (tertiary/aromatic N) is 4. The van der Waals surface area contributed by atoms with Crippen LogP contribution in [0.3, 0.4) is 0 Å². The summed E-state index contributed by atoms with van der Waals surface area (Å²) in [6.07, 6.45) is 0.173. The largest absolute Gasteiger partial charge is 0.508 e. The first-order valence-corrected chi connectivity index (χ1v) is 13.8. The van der Waals surface area contributed by atoms with E-state index >= 15 is 0 Å². The number of urea groups is 1. The molecular formula is C32H27N7O4S. The molecule has 2 amide bonds. The van der Waals surface area contributed by atoms with Crippen molar-refractivity contribution < 1.29 is 19.8 Å². The number of rotatable bonds is 9. The molecular weight excluding hydrogens is 578 g/mol. The van der Waals surface area contributed by atoms with E-state index in [1.807, 2.05) is 36.4 Å². The summed E-state index contributed by atoms with van der Waals surface area (Å²) in [7, 11) is 1.62. The molecule has 5 rings (SSSR count). The first-order valence-electron chi connectivity index (χ1n) is 13.4. The number of carbonyl (C=O) groups excluding carboxylic acids is 1. The zero-order valence-corrected chi connectivity index (χ0v) is 24.2. The summed E-state index contributed by atoms with van der Waals surface area (Å²) in [4.78, 5) is 26.6. The minimum Gasteiger partial charge on any atom is -0.508 e. The Morgan fingerprint density at radius 3 is 2.48 bits per heavy atom. The number of aliphatic carboxylic acids is 1. The van der Waals surface area contributed by atoms with E-state index in [1.54, 1.807) is 59.0 Å². The normalized spacial score (nSPS) is 11.3. The predicted octanol–water partition coefficient (Wildman–Crippen LogP) is 5.95. The van der Waals surface area contributed by atoms with Gasteiger partial charge in [0.15, 0.2) is 10.6 Å². The number of carboxylic acids is 1. The summed E-state index contributed by atoms with van der Waals surface area (Å²) in [5, 5.41) is 41.9. The van der Waals surface area contributed by atoms with Gasteiger partial charge >= 0.3 is 12.0 Å². The summed E-state index contributed by atoms with van der Waals surface area (Å²) in [5.74, 6) is -0.336. The number of amides is 2. The number of phenolic OH excluding ortho intramolecular Hbond substituents is 1. The van der Waals surface area contributed by atoms with Gasteiger partial charge < -0.3 is 25.7 Å². The van der Waals surface area contributed by atoms with Crippen LogP contribution in [0.15, 0.2) is 97.1 Å². The number of H-pyrrole nitrogens is 1. The van der Waals surface area contributed by atoms with Crippen LogP contribution in [-0.2, 0) is 11.2 Å². The van der Waals surface area contributed by atoms with Gasteiger partial charge in [0.2, 0.25) is 0 Å². The van der Waals surface area contributed by atoms with Crippen molar-refractivity contribution in [1.29, 1.82) is 5.26 Å². The number of hydrogen-bond acceptors (Lipinski definition) is 7.